The second-order valence-electron chi connectivity index (χ2n) is 7.67. The number of fused-ring (bicyclic) bond motifs is 2. The normalized spacial score (nSPS) is 36.5. The minimum Gasteiger partial charge on any atom is -0.0853 e. The molecule has 0 N–H and O–H groups in total. The summed E-state index contributed by atoms with van der Waals surface area (Å²) in [5.74, 6) is 1.58. The average Bonchev–Trinajstić information content (AvgIpc) is 2.36. The third-order valence-electron chi connectivity index (χ3n) is 5.83. The molecule has 0 aromatic carbocycles. The fourth-order valence-corrected chi connectivity index (χ4v) is 4.11. The molecule has 2 rings (SSSR count). The molecular formula is C20H32. The van der Waals surface area contributed by atoms with Gasteiger partial charge >= 0.3 is 0 Å². The van der Waals surface area contributed by atoms with Gasteiger partial charge in [-0.1, -0.05) is 48.8 Å². The van der Waals surface area contributed by atoms with E-state index in [-0.39, 0.29) is 0 Å². The third-order valence-corrected chi connectivity index (χ3v) is 5.83. The van der Waals surface area contributed by atoms with Crippen molar-refractivity contribution in [1.29, 1.82) is 0 Å². The van der Waals surface area contributed by atoms with Gasteiger partial charge in [0, 0.05) is 0 Å². The van der Waals surface area contributed by atoms with Gasteiger partial charge in [-0.15, -0.1) is 0 Å². The Bertz CT molecular complexity index is 431. The van der Waals surface area contributed by atoms with E-state index in [2.05, 4.69) is 52.8 Å². The van der Waals surface area contributed by atoms with E-state index in [0.29, 0.717) is 5.41 Å². The molecule has 0 aromatic rings. The van der Waals surface area contributed by atoms with Crippen LogP contribution < -0.4 is 0 Å². The number of allylic oxidation sites excluding steroid dienone is 6. The van der Waals surface area contributed by atoms with Crippen molar-refractivity contribution in [2.75, 3.05) is 0 Å². The van der Waals surface area contributed by atoms with Crippen LogP contribution >= 0.6 is 0 Å². The largest absolute Gasteiger partial charge is 0.0853 e. The van der Waals surface area contributed by atoms with Gasteiger partial charge in [0.25, 0.3) is 0 Å². The van der Waals surface area contributed by atoms with E-state index in [1.807, 2.05) is 0 Å². The molecule has 2 bridgehead atoms. The Kier molecular flexibility index (Phi) is 4.94. The molecule has 0 nitrogen and oxygen atoms in total. The van der Waals surface area contributed by atoms with Gasteiger partial charge in [0.15, 0.2) is 0 Å². The Morgan fingerprint density at radius 2 is 1.55 bits per heavy atom. The summed E-state index contributed by atoms with van der Waals surface area (Å²) in [6, 6.07) is 0. The smallest absolute Gasteiger partial charge is 0.0149 e. The van der Waals surface area contributed by atoms with Crippen molar-refractivity contribution in [3.8, 4) is 0 Å². The first-order valence-corrected chi connectivity index (χ1v) is 8.39. The van der Waals surface area contributed by atoms with Crippen LogP contribution in [0.5, 0.6) is 0 Å². The molecule has 0 saturated carbocycles. The minimum absolute atomic E-state index is 0.440. The average molecular weight is 272 g/mol. The summed E-state index contributed by atoms with van der Waals surface area (Å²) in [5.41, 5.74) is 5.24. The van der Waals surface area contributed by atoms with Crippen LogP contribution in [0.25, 0.3) is 0 Å². The molecule has 0 fully saturated rings. The fraction of sp³-hybridized carbons (Fsp3) is 0.700. The van der Waals surface area contributed by atoms with Crippen LogP contribution in [0, 0.1) is 17.3 Å². The van der Waals surface area contributed by atoms with E-state index in [0.717, 1.165) is 11.8 Å². The first-order chi connectivity index (χ1) is 9.41. The Balaban J connectivity index is 2.29. The lowest BCUT2D eigenvalue weighted by atomic mass is 9.60. The maximum absolute atomic E-state index is 2.52. The molecule has 2 aliphatic rings. The van der Waals surface area contributed by atoms with Gasteiger partial charge in [-0.3, -0.25) is 0 Å². The molecule has 20 heavy (non-hydrogen) atoms. The quantitative estimate of drug-likeness (QED) is 0.444. The number of hydrogen-bond donors (Lipinski definition) is 0. The lowest BCUT2D eigenvalue weighted by Gasteiger charge is -2.45. The van der Waals surface area contributed by atoms with Crippen LogP contribution in [0.1, 0.15) is 73.1 Å². The summed E-state index contributed by atoms with van der Waals surface area (Å²) < 4.78 is 0. The molecule has 112 valence electrons. The third kappa shape index (κ3) is 3.45. The Morgan fingerprint density at radius 3 is 2.30 bits per heavy atom. The molecule has 0 spiro atoms. The highest BCUT2D eigenvalue weighted by atomic mass is 14.4. The van der Waals surface area contributed by atoms with Crippen molar-refractivity contribution < 1.29 is 0 Å². The summed E-state index contributed by atoms with van der Waals surface area (Å²) in [4.78, 5) is 0. The van der Waals surface area contributed by atoms with Crippen LogP contribution in [0.4, 0.5) is 0 Å². The van der Waals surface area contributed by atoms with Crippen LogP contribution in [-0.4, -0.2) is 0 Å². The Morgan fingerprint density at radius 1 is 0.900 bits per heavy atom. The van der Waals surface area contributed by atoms with E-state index in [1.165, 1.54) is 38.5 Å². The topological polar surface area (TPSA) is 0 Å². The molecule has 0 aromatic heterocycles. The van der Waals surface area contributed by atoms with Gasteiger partial charge < -0.3 is 0 Å². The minimum atomic E-state index is 0.440. The maximum atomic E-state index is 2.52. The SMILES string of the molecule is CC1=CCC2C/C=C(\C)CC/C=C(\C)CC[C@H]1C2(C)C. The first-order valence-electron chi connectivity index (χ1n) is 8.39. The highest BCUT2D eigenvalue weighted by Crippen LogP contribution is 2.49. The van der Waals surface area contributed by atoms with E-state index >= 15 is 0 Å². The molecule has 0 aliphatic heterocycles. The van der Waals surface area contributed by atoms with Crippen LogP contribution in [0.3, 0.4) is 0 Å². The summed E-state index contributed by atoms with van der Waals surface area (Å²) in [5, 5.41) is 0. The van der Waals surface area contributed by atoms with E-state index in [9.17, 15) is 0 Å². The monoisotopic (exact) mass is 272 g/mol. The molecule has 2 aliphatic carbocycles. The van der Waals surface area contributed by atoms with Crippen molar-refractivity contribution in [2.45, 2.75) is 73.1 Å². The van der Waals surface area contributed by atoms with Gasteiger partial charge in [0.2, 0.25) is 0 Å². The van der Waals surface area contributed by atoms with Gasteiger partial charge in [0.1, 0.15) is 0 Å². The van der Waals surface area contributed by atoms with Gasteiger partial charge in [0.05, 0.1) is 0 Å². The summed E-state index contributed by atoms with van der Waals surface area (Å²) in [6.07, 6.45) is 15.1. The van der Waals surface area contributed by atoms with Gasteiger partial charge in [-0.25, -0.2) is 0 Å². The van der Waals surface area contributed by atoms with Gasteiger partial charge in [-0.05, 0) is 76.5 Å². The van der Waals surface area contributed by atoms with Crippen LogP contribution in [0.2, 0.25) is 0 Å². The van der Waals surface area contributed by atoms with E-state index in [4.69, 9.17) is 0 Å². The highest BCUT2D eigenvalue weighted by Gasteiger charge is 2.39. The molecule has 1 unspecified atom stereocenters. The van der Waals surface area contributed by atoms with Crippen molar-refractivity contribution in [2.24, 2.45) is 17.3 Å². The standard InChI is InChI=1S/C20H32/c1-15-7-6-8-16(2)10-14-19-17(3)11-13-18(12-9-15)20(19,4)5/h8-9,11,18-19H,6-7,10,12-14H2,1-5H3/b15-9+,16-8+/t18?,19-/m1/s1. The van der Waals surface area contributed by atoms with Crippen LogP contribution in [0.15, 0.2) is 34.9 Å². The molecule has 0 heterocycles. The fourth-order valence-electron chi connectivity index (χ4n) is 4.11. The molecule has 0 heteroatoms. The van der Waals surface area contributed by atoms with Crippen LogP contribution in [-0.2, 0) is 0 Å². The maximum Gasteiger partial charge on any atom is -0.0149 e. The zero-order valence-corrected chi connectivity index (χ0v) is 14.1. The summed E-state index contributed by atoms with van der Waals surface area (Å²) in [7, 11) is 0. The number of rotatable bonds is 0. The Hall–Kier alpha value is -0.780. The summed E-state index contributed by atoms with van der Waals surface area (Å²) >= 11 is 0. The number of hydrogen-bond acceptors (Lipinski definition) is 0. The second kappa shape index (κ2) is 6.33. The predicted octanol–water partition coefficient (Wildman–Crippen LogP) is 6.45. The van der Waals surface area contributed by atoms with E-state index in [1.54, 1.807) is 16.7 Å². The molecule has 0 amide bonds. The van der Waals surface area contributed by atoms with Gasteiger partial charge in [-0.2, -0.15) is 0 Å². The van der Waals surface area contributed by atoms with Crippen molar-refractivity contribution in [1.82, 2.24) is 0 Å². The molecular weight excluding hydrogens is 240 g/mol. The van der Waals surface area contributed by atoms with Crippen molar-refractivity contribution >= 4 is 0 Å². The molecule has 0 radical (unpaired) electrons. The summed E-state index contributed by atoms with van der Waals surface area (Å²) in [6.45, 7) is 12.0. The molecule has 0 saturated heterocycles. The van der Waals surface area contributed by atoms with Crippen molar-refractivity contribution in [3.05, 3.63) is 34.9 Å². The lowest BCUT2D eigenvalue weighted by Crippen LogP contribution is -2.36. The zero-order valence-electron chi connectivity index (χ0n) is 14.1. The molecule has 2 atom stereocenters. The Labute approximate surface area is 126 Å². The van der Waals surface area contributed by atoms with Crippen molar-refractivity contribution in [3.63, 3.8) is 0 Å². The lowest BCUT2D eigenvalue weighted by molar-refractivity contribution is 0.119. The first kappa shape index (κ1) is 15.6. The predicted molar refractivity (Wildman–Crippen MR) is 89.7 cm³/mol. The van der Waals surface area contributed by atoms with E-state index < -0.39 is 0 Å². The zero-order chi connectivity index (χ0) is 14.8. The second-order valence-corrected chi connectivity index (χ2v) is 7.67. The highest BCUT2D eigenvalue weighted by molar-refractivity contribution is 5.17.